The van der Waals surface area contributed by atoms with Crippen molar-refractivity contribution in [2.75, 3.05) is 0 Å². The first-order valence-electron chi connectivity index (χ1n) is 12.7. The maximum Gasteiger partial charge on any atom is 0.267 e. The number of carbonyl (C=O) groups is 1. The highest BCUT2D eigenvalue weighted by atomic mass is 35.5. The minimum atomic E-state index is 0.0668. The fraction of sp³-hybridized carbons (Fsp3) is 0.333. The molecule has 0 bridgehead atoms. The molecule has 0 spiro atoms. The molecule has 2 aliphatic rings. The average molecular weight is 518 g/mol. The van der Waals surface area contributed by atoms with E-state index in [0.717, 1.165) is 68.2 Å². The van der Waals surface area contributed by atoms with E-state index in [1.807, 2.05) is 60.4 Å². The van der Waals surface area contributed by atoms with Gasteiger partial charge >= 0.3 is 0 Å². The van der Waals surface area contributed by atoms with Gasteiger partial charge in [-0.05, 0) is 98.8 Å². The van der Waals surface area contributed by atoms with Crippen molar-refractivity contribution in [3.8, 4) is 5.69 Å². The van der Waals surface area contributed by atoms with E-state index in [4.69, 9.17) is 16.6 Å². The molecular weight excluding hydrogens is 486 g/mol. The zero-order valence-electron chi connectivity index (χ0n) is 21.3. The van der Waals surface area contributed by atoms with Gasteiger partial charge in [0, 0.05) is 28.1 Å². The summed E-state index contributed by atoms with van der Waals surface area (Å²) < 4.78 is 2.22. The van der Waals surface area contributed by atoms with Gasteiger partial charge in [-0.25, -0.2) is 4.99 Å². The van der Waals surface area contributed by atoms with Gasteiger partial charge < -0.3 is 4.57 Å². The molecule has 2 fully saturated rings. The normalized spacial score (nSPS) is 22.7. The molecule has 1 aromatic heterocycles. The van der Waals surface area contributed by atoms with Gasteiger partial charge in [0.2, 0.25) is 0 Å². The molecule has 2 atom stereocenters. The molecule has 0 N–H and O–H groups in total. The van der Waals surface area contributed by atoms with Gasteiger partial charge in [0.05, 0.1) is 10.6 Å². The molecule has 2 heterocycles. The minimum Gasteiger partial charge on any atom is -0.318 e. The van der Waals surface area contributed by atoms with Crippen molar-refractivity contribution in [2.45, 2.75) is 59.4 Å². The Kier molecular flexibility index (Phi) is 7.14. The first-order valence-corrected chi connectivity index (χ1v) is 13.9. The molecule has 1 aliphatic carbocycles. The Morgan fingerprint density at radius 2 is 1.78 bits per heavy atom. The first kappa shape index (κ1) is 24.9. The molecule has 4 nitrogen and oxygen atoms in total. The van der Waals surface area contributed by atoms with Crippen molar-refractivity contribution < 1.29 is 4.79 Å². The highest BCUT2D eigenvalue weighted by Gasteiger charge is 2.41. The Bertz CT molecular complexity index is 1360. The number of aromatic nitrogens is 1. The lowest BCUT2D eigenvalue weighted by Gasteiger charge is -2.35. The number of halogens is 1. The molecule has 5 rings (SSSR count). The van der Waals surface area contributed by atoms with E-state index < -0.39 is 0 Å². The average Bonchev–Trinajstić information content (AvgIpc) is 3.31. The van der Waals surface area contributed by atoms with E-state index in [9.17, 15) is 4.79 Å². The second-order valence-electron chi connectivity index (χ2n) is 9.89. The lowest BCUT2D eigenvalue weighted by Crippen LogP contribution is -2.44. The molecule has 1 saturated heterocycles. The number of amides is 1. The molecule has 2 aromatic carbocycles. The smallest absolute Gasteiger partial charge is 0.267 e. The van der Waals surface area contributed by atoms with Crippen LogP contribution < -0.4 is 0 Å². The number of aliphatic imine (C=N–C) groups is 1. The molecule has 0 unspecified atom stereocenters. The van der Waals surface area contributed by atoms with Crippen LogP contribution in [0.5, 0.6) is 0 Å². The third-order valence-electron chi connectivity index (χ3n) is 7.45. The maximum absolute atomic E-state index is 13.9. The summed E-state index contributed by atoms with van der Waals surface area (Å²) in [5.74, 6) is 0.525. The van der Waals surface area contributed by atoms with E-state index in [0.29, 0.717) is 5.92 Å². The Morgan fingerprint density at radius 1 is 1.03 bits per heavy atom. The topological polar surface area (TPSA) is 37.6 Å². The Balaban J connectivity index is 1.55. The number of nitrogens with zero attached hydrogens (tertiary/aromatic N) is 3. The Hall–Kier alpha value is -2.76. The number of thioether (sulfide) groups is 1. The van der Waals surface area contributed by atoms with Crippen molar-refractivity contribution >= 4 is 46.2 Å². The third kappa shape index (κ3) is 4.67. The van der Waals surface area contributed by atoms with Crippen LogP contribution in [0.15, 0.2) is 64.5 Å². The standard InChI is InChI=1S/C30H32ClN3OS/c1-19-11-8-9-15-26(19)34-29(35)28(36-30(34)32-24-12-6-5-7-13-24)18-23-17-20(2)33(22(23)4)27-16-10-14-25(31)21(27)3/h5-7,10,12-14,16-19,26H,8-9,11,15H2,1-4H3/b28-18-,32-30?/t19-,26-/m0/s1. The Morgan fingerprint density at radius 3 is 2.53 bits per heavy atom. The maximum atomic E-state index is 13.9. The van der Waals surface area contributed by atoms with Crippen LogP contribution in [0.2, 0.25) is 5.02 Å². The van der Waals surface area contributed by atoms with Crippen molar-refractivity contribution in [2.24, 2.45) is 10.9 Å². The van der Waals surface area contributed by atoms with Crippen LogP contribution in [-0.4, -0.2) is 26.6 Å². The summed E-state index contributed by atoms with van der Waals surface area (Å²) >= 11 is 7.92. The van der Waals surface area contributed by atoms with E-state index >= 15 is 0 Å². The molecule has 186 valence electrons. The van der Waals surface area contributed by atoms with Gasteiger partial charge in [0.1, 0.15) is 0 Å². The number of aryl methyl sites for hydroxylation is 1. The summed E-state index contributed by atoms with van der Waals surface area (Å²) in [5, 5.41) is 1.54. The quantitative estimate of drug-likeness (QED) is 0.327. The molecule has 0 radical (unpaired) electrons. The highest BCUT2D eigenvalue weighted by Crippen LogP contribution is 2.40. The third-order valence-corrected chi connectivity index (χ3v) is 8.84. The van der Waals surface area contributed by atoms with E-state index in [-0.39, 0.29) is 11.9 Å². The summed E-state index contributed by atoms with van der Waals surface area (Å²) in [5.41, 5.74) is 6.22. The summed E-state index contributed by atoms with van der Waals surface area (Å²) in [6, 6.07) is 18.3. The second-order valence-corrected chi connectivity index (χ2v) is 11.3. The number of benzene rings is 2. The zero-order chi connectivity index (χ0) is 25.4. The van der Waals surface area contributed by atoms with Gasteiger partial charge in [-0.2, -0.15) is 0 Å². The number of amidine groups is 1. The Labute approximate surface area is 223 Å². The molecule has 3 aromatic rings. The molecule has 6 heteroatoms. The number of para-hydroxylation sites is 1. The summed E-state index contributed by atoms with van der Waals surface area (Å²) in [6.07, 6.45) is 6.60. The van der Waals surface area contributed by atoms with Crippen LogP contribution in [0.4, 0.5) is 5.69 Å². The van der Waals surface area contributed by atoms with Gasteiger partial charge in [0.15, 0.2) is 5.17 Å². The first-order chi connectivity index (χ1) is 17.3. The van der Waals surface area contributed by atoms with E-state index in [1.165, 1.54) is 18.2 Å². The van der Waals surface area contributed by atoms with Crippen molar-refractivity contribution in [1.82, 2.24) is 9.47 Å². The summed E-state index contributed by atoms with van der Waals surface area (Å²) in [4.78, 5) is 21.5. The number of hydrogen-bond acceptors (Lipinski definition) is 3. The molecule has 1 amide bonds. The van der Waals surface area contributed by atoms with E-state index in [1.54, 1.807) is 0 Å². The predicted octanol–water partition coefficient (Wildman–Crippen LogP) is 8.24. The molecule has 36 heavy (non-hydrogen) atoms. The molecule has 1 saturated carbocycles. The lowest BCUT2D eigenvalue weighted by atomic mass is 9.85. The van der Waals surface area contributed by atoms with Crippen molar-refractivity contribution in [1.29, 1.82) is 0 Å². The van der Waals surface area contributed by atoms with Gasteiger partial charge in [-0.15, -0.1) is 0 Å². The van der Waals surface area contributed by atoms with Crippen LogP contribution >= 0.6 is 23.4 Å². The fourth-order valence-electron chi connectivity index (χ4n) is 5.43. The van der Waals surface area contributed by atoms with Crippen molar-refractivity contribution in [3.63, 3.8) is 0 Å². The van der Waals surface area contributed by atoms with E-state index in [2.05, 4.69) is 37.5 Å². The predicted molar refractivity (Wildman–Crippen MR) is 152 cm³/mol. The van der Waals surface area contributed by atoms with Crippen molar-refractivity contribution in [3.05, 3.63) is 87.0 Å². The minimum absolute atomic E-state index is 0.0668. The number of rotatable bonds is 4. The van der Waals surface area contributed by atoms with Crippen LogP contribution in [0, 0.1) is 26.7 Å². The van der Waals surface area contributed by atoms with Gasteiger partial charge in [0.25, 0.3) is 5.91 Å². The monoisotopic (exact) mass is 517 g/mol. The van der Waals surface area contributed by atoms with Crippen LogP contribution in [0.25, 0.3) is 11.8 Å². The van der Waals surface area contributed by atoms with Crippen LogP contribution in [-0.2, 0) is 4.79 Å². The summed E-state index contributed by atoms with van der Waals surface area (Å²) in [7, 11) is 0. The van der Waals surface area contributed by atoms with Gasteiger partial charge in [-0.1, -0.05) is 55.6 Å². The zero-order valence-corrected chi connectivity index (χ0v) is 22.9. The SMILES string of the molecule is Cc1c(Cl)cccc1-n1c(C)cc(/C=C2\SC(=Nc3ccccc3)N([C@H]3CCCC[C@@H]3C)C2=O)c1C. The highest BCUT2D eigenvalue weighted by molar-refractivity contribution is 8.18. The van der Waals surface area contributed by atoms with Crippen LogP contribution in [0.1, 0.15) is 55.1 Å². The summed E-state index contributed by atoms with van der Waals surface area (Å²) in [6.45, 7) is 8.51. The number of hydrogen-bond donors (Lipinski definition) is 0. The van der Waals surface area contributed by atoms with Gasteiger partial charge in [-0.3, -0.25) is 9.69 Å². The largest absolute Gasteiger partial charge is 0.318 e. The molecule has 1 aliphatic heterocycles. The second kappa shape index (κ2) is 10.3. The van der Waals surface area contributed by atoms with Crippen LogP contribution in [0.3, 0.4) is 0 Å². The fourth-order valence-corrected chi connectivity index (χ4v) is 6.64. The number of carbonyl (C=O) groups excluding carboxylic acids is 1. The lowest BCUT2D eigenvalue weighted by molar-refractivity contribution is -0.124. The molecular formula is C30H32ClN3OS.